The number of methoxy groups -OCH3 is 1. The molecule has 0 aromatic carbocycles. The highest BCUT2D eigenvalue weighted by Gasteiger charge is 2.12. The van der Waals surface area contributed by atoms with Crippen LogP contribution in [-0.2, 0) is 14.3 Å². The number of nitrogens with zero attached hydrogens (tertiary/aromatic N) is 1. The Morgan fingerprint density at radius 1 is 1.50 bits per heavy atom. The number of ether oxygens (including phenoxy) is 1. The third-order valence-corrected chi connectivity index (χ3v) is 1.92. The normalized spacial score (nSPS) is 11.4. The van der Waals surface area contributed by atoms with Gasteiger partial charge in [-0.2, -0.15) is 0 Å². The van der Waals surface area contributed by atoms with E-state index in [1.165, 1.54) is 13.2 Å². The zero-order chi connectivity index (χ0) is 11.0. The van der Waals surface area contributed by atoms with Crippen molar-refractivity contribution in [1.29, 1.82) is 0 Å². The average molecular weight is 197 g/mol. The molecule has 14 heavy (non-hydrogen) atoms. The molecule has 0 rings (SSSR count). The fourth-order valence-electron chi connectivity index (χ4n) is 1.02. The van der Waals surface area contributed by atoms with Crippen LogP contribution < -0.4 is 0 Å². The Kier molecular flexibility index (Phi) is 6.33. The maximum Gasteiger partial charge on any atom is 0.287 e. The quantitative estimate of drug-likeness (QED) is 0.293. The molecule has 1 amide bonds. The Morgan fingerprint density at radius 3 is 2.57 bits per heavy atom. The summed E-state index contributed by atoms with van der Waals surface area (Å²) in [6.45, 7) is 3.70. The third-order valence-electron chi connectivity index (χ3n) is 1.92. The Bertz CT molecular complexity index is 275. The topological polar surface area (TPSA) is 55.7 Å². The molecule has 0 aromatic heterocycles. The lowest BCUT2D eigenvalue weighted by molar-refractivity contribution is -0.114. The second-order valence-corrected chi connectivity index (χ2v) is 2.85. The second-order valence-electron chi connectivity index (χ2n) is 2.85. The first-order valence-electron chi connectivity index (χ1n) is 4.53. The van der Waals surface area contributed by atoms with Gasteiger partial charge in [-0.3, -0.25) is 4.79 Å². The van der Waals surface area contributed by atoms with E-state index in [0.717, 1.165) is 12.8 Å². The van der Waals surface area contributed by atoms with Crippen LogP contribution in [0.4, 0.5) is 0 Å². The van der Waals surface area contributed by atoms with Crippen LogP contribution in [0.2, 0.25) is 0 Å². The number of hydrogen-bond acceptors (Lipinski definition) is 3. The number of carbonyl (C=O) groups is 1. The molecular weight excluding hydrogens is 182 g/mol. The van der Waals surface area contributed by atoms with Crippen LogP contribution in [-0.4, -0.2) is 19.1 Å². The molecule has 4 heteroatoms. The molecule has 4 nitrogen and oxygen atoms in total. The summed E-state index contributed by atoms with van der Waals surface area (Å²) in [5.41, 5.74) is 0.456. The van der Waals surface area contributed by atoms with Crippen molar-refractivity contribution in [1.82, 2.24) is 0 Å². The predicted octanol–water partition coefficient (Wildman–Crippen LogP) is 1.96. The molecule has 0 unspecified atom stereocenters. The molecule has 78 valence electrons. The molecule has 0 fully saturated rings. The van der Waals surface area contributed by atoms with Gasteiger partial charge in [0, 0.05) is 0 Å². The first-order valence-corrected chi connectivity index (χ1v) is 4.53. The van der Waals surface area contributed by atoms with Gasteiger partial charge in [0.2, 0.25) is 6.08 Å². The highest BCUT2D eigenvalue weighted by molar-refractivity contribution is 5.97. The highest BCUT2D eigenvalue weighted by atomic mass is 16.5. The van der Waals surface area contributed by atoms with Crippen LogP contribution in [0, 0.1) is 0 Å². The molecule has 0 aliphatic carbocycles. The molecule has 0 saturated heterocycles. The van der Waals surface area contributed by atoms with Crippen LogP contribution >= 0.6 is 0 Å². The van der Waals surface area contributed by atoms with Crippen molar-refractivity contribution in [3.8, 4) is 0 Å². The van der Waals surface area contributed by atoms with Crippen molar-refractivity contribution in [3.05, 3.63) is 11.3 Å². The van der Waals surface area contributed by atoms with E-state index in [1.54, 1.807) is 6.92 Å². The Morgan fingerprint density at radius 2 is 2.14 bits per heavy atom. The van der Waals surface area contributed by atoms with Crippen molar-refractivity contribution >= 4 is 12.0 Å². The predicted molar refractivity (Wildman–Crippen MR) is 52.4 cm³/mol. The highest BCUT2D eigenvalue weighted by Crippen LogP contribution is 2.14. The first-order chi connectivity index (χ1) is 6.67. The molecule has 0 aromatic rings. The van der Waals surface area contributed by atoms with Crippen molar-refractivity contribution in [3.63, 3.8) is 0 Å². The fraction of sp³-hybridized carbons (Fsp3) is 0.600. The lowest BCUT2D eigenvalue weighted by Gasteiger charge is -2.06. The molecule has 0 aliphatic heterocycles. The molecule has 0 saturated carbocycles. The molecular formula is C10H15NO3. The van der Waals surface area contributed by atoms with Gasteiger partial charge in [0.05, 0.1) is 12.7 Å². The largest absolute Gasteiger partial charge is 0.501 e. The van der Waals surface area contributed by atoms with Crippen molar-refractivity contribution in [2.75, 3.05) is 7.11 Å². The van der Waals surface area contributed by atoms with Gasteiger partial charge in [0.25, 0.3) is 5.91 Å². The first kappa shape index (κ1) is 12.6. The zero-order valence-electron chi connectivity index (χ0n) is 8.79. The summed E-state index contributed by atoms with van der Waals surface area (Å²) in [5, 5.41) is 0. The number of rotatable bonds is 5. The molecule has 0 heterocycles. The number of carbonyl (C=O) groups excluding carboxylic acids is 2. The molecule has 0 bridgehead atoms. The molecule has 0 N–H and O–H groups in total. The van der Waals surface area contributed by atoms with Gasteiger partial charge < -0.3 is 4.74 Å². The Hall–Kier alpha value is -1.41. The van der Waals surface area contributed by atoms with Crippen molar-refractivity contribution < 1.29 is 14.3 Å². The smallest absolute Gasteiger partial charge is 0.287 e. The van der Waals surface area contributed by atoms with E-state index < -0.39 is 5.91 Å². The summed E-state index contributed by atoms with van der Waals surface area (Å²) in [7, 11) is 1.49. The maximum absolute atomic E-state index is 11.3. The summed E-state index contributed by atoms with van der Waals surface area (Å²) in [6, 6.07) is 0. The number of allylic oxidation sites excluding steroid dienone is 1. The Balaban J connectivity index is 4.72. The molecule has 0 atom stereocenters. The van der Waals surface area contributed by atoms with Crippen molar-refractivity contribution in [2.24, 2.45) is 4.99 Å². The molecule has 0 spiro atoms. The van der Waals surface area contributed by atoms with Crippen LogP contribution in [0.15, 0.2) is 16.3 Å². The van der Waals surface area contributed by atoms with Crippen LogP contribution in [0.25, 0.3) is 0 Å². The average Bonchev–Trinajstić information content (AvgIpc) is 2.18. The zero-order valence-corrected chi connectivity index (χ0v) is 8.79. The van der Waals surface area contributed by atoms with Gasteiger partial charge in [0.1, 0.15) is 5.76 Å². The maximum atomic E-state index is 11.3. The van der Waals surface area contributed by atoms with E-state index in [0.29, 0.717) is 17.8 Å². The minimum Gasteiger partial charge on any atom is -0.501 e. The minimum absolute atomic E-state index is 0.456. The number of amides is 1. The van der Waals surface area contributed by atoms with Crippen LogP contribution in [0.3, 0.4) is 0 Å². The van der Waals surface area contributed by atoms with E-state index in [4.69, 9.17) is 4.74 Å². The van der Waals surface area contributed by atoms with Gasteiger partial charge in [-0.05, 0) is 19.8 Å². The lowest BCUT2D eigenvalue weighted by atomic mass is 10.1. The van der Waals surface area contributed by atoms with Gasteiger partial charge >= 0.3 is 0 Å². The van der Waals surface area contributed by atoms with E-state index in [9.17, 15) is 9.59 Å². The fourth-order valence-corrected chi connectivity index (χ4v) is 1.02. The minimum atomic E-state index is -0.548. The van der Waals surface area contributed by atoms with Crippen LogP contribution in [0.1, 0.15) is 33.1 Å². The van der Waals surface area contributed by atoms with Gasteiger partial charge in [-0.15, -0.1) is 4.99 Å². The van der Waals surface area contributed by atoms with Gasteiger partial charge in [-0.1, -0.05) is 13.3 Å². The van der Waals surface area contributed by atoms with Crippen LogP contribution in [0.5, 0.6) is 0 Å². The van der Waals surface area contributed by atoms with E-state index in [2.05, 4.69) is 4.99 Å². The second kappa shape index (κ2) is 7.04. The summed E-state index contributed by atoms with van der Waals surface area (Å²) >= 11 is 0. The lowest BCUT2D eigenvalue weighted by Crippen LogP contribution is -2.03. The third kappa shape index (κ3) is 4.01. The van der Waals surface area contributed by atoms with E-state index in [-0.39, 0.29) is 0 Å². The standard InChI is InChI=1S/C10H15NO3/c1-4-5-6-9(8(2)14-3)10(13)11-7-12/h4-6H2,1-3H3/b9-8-. The number of hydrogen-bond donors (Lipinski definition) is 0. The number of isocyanates is 1. The van der Waals surface area contributed by atoms with Gasteiger partial charge in [0.15, 0.2) is 0 Å². The molecule has 0 radical (unpaired) electrons. The summed E-state index contributed by atoms with van der Waals surface area (Å²) in [4.78, 5) is 24.3. The van der Waals surface area contributed by atoms with E-state index in [1.807, 2.05) is 6.92 Å². The summed E-state index contributed by atoms with van der Waals surface area (Å²) in [6.07, 6.45) is 3.66. The summed E-state index contributed by atoms with van der Waals surface area (Å²) < 4.78 is 4.95. The summed E-state index contributed by atoms with van der Waals surface area (Å²) in [5.74, 6) is -0.0322. The number of unbranched alkanes of at least 4 members (excludes halogenated alkanes) is 1. The molecule has 0 aliphatic rings. The van der Waals surface area contributed by atoms with Gasteiger partial charge in [-0.25, -0.2) is 4.79 Å². The monoisotopic (exact) mass is 197 g/mol. The van der Waals surface area contributed by atoms with E-state index >= 15 is 0 Å². The van der Waals surface area contributed by atoms with Crippen molar-refractivity contribution in [2.45, 2.75) is 33.1 Å². The number of aliphatic imine (C=N–C) groups is 1. The Labute approximate surface area is 83.7 Å². The SMILES string of the molecule is CCCC/C(C(=O)N=C=O)=C(\C)OC.